The number of benzene rings is 4. The number of hydrogen-bond donors (Lipinski definition) is 0. The molecular formula is C46H48F4Zr2. The van der Waals surface area contributed by atoms with Crippen molar-refractivity contribution in [3.63, 3.8) is 0 Å². The Labute approximate surface area is 345 Å². The van der Waals surface area contributed by atoms with E-state index in [1.807, 2.05) is 0 Å². The summed E-state index contributed by atoms with van der Waals surface area (Å²) in [6.45, 7) is 17.3. The van der Waals surface area contributed by atoms with Crippen LogP contribution < -0.4 is 18.8 Å². The molecule has 0 unspecified atom stereocenters. The second-order valence-corrected chi connectivity index (χ2v) is 12.8. The molecule has 0 radical (unpaired) electrons. The molecule has 0 aliphatic rings. The monoisotopic (exact) mass is 856 g/mol. The second kappa shape index (κ2) is 23.5. The van der Waals surface area contributed by atoms with Gasteiger partial charge < -0.3 is 18.8 Å². The molecule has 0 spiro atoms. The Kier molecular flexibility index (Phi) is 23.0. The van der Waals surface area contributed by atoms with Gasteiger partial charge in [-0.05, 0) is 40.5 Å². The van der Waals surface area contributed by atoms with Crippen molar-refractivity contribution in [3.05, 3.63) is 166 Å². The van der Waals surface area contributed by atoms with Gasteiger partial charge in [-0.1, -0.05) is 74.2 Å². The predicted molar refractivity (Wildman–Crippen MR) is 205 cm³/mol. The van der Waals surface area contributed by atoms with Crippen LogP contribution in [0.15, 0.2) is 121 Å². The van der Waals surface area contributed by atoms with Gasteiger partial charge in [-0.15, -0.1) is 138 Å². The Bertz CT molecular complexity index is 2050. The molecule has 0 heterocycles. The average Bonchev–Trinajstić information content (AvgIpc) is 3.83. The van der Waals surface area contributed by atoms with Crippen molar-refractivity contribution < 1.29 is 71.2 Å². The van der Waals surface area contributed by atoms with Crippen molar-refractivity contribution in [2.24, 2.45) is 0 Å². The van der Waals surface area contributed by atoms with E-state index in [0.717, 1.165) is 12.8 Å². The van der Waals surface area contributed by atoms with Crippen LogP contribution in [0.5, 0.6) is 0 Å². The Hall–Kier alpha value is -3.19. The van der Waals surface area contributed by atoms with Crippen LogP contribution in [0.2, 0.25) is 0 Å². The van der Waals surface area contributed by atoms with Gasteiger partial charge in [-0.2, -0.15) is 24.3 Å². The molecule has 268 valence electrons. The van der Waals surface area contributed by atoms with E-state index in [0.29, 0.717) is 0 Å². The second-order valence-electron chi connectivity index (χ2n) is 12.8. The zero-order valence-corrected chi connectivity index (χ0v) is 36.4. The number of halogens is 4. The van der Waals surface area contributed by atoms with Gasteiger partial charge in [0.05, 0.1) is 0 Å². The summed E-state index contributed by atoms with van der Waals surface area (Å²) in [4.78, 5) is 0. The summed E-state index contributed by atoms with van der Waals surface area (Å²) >= 11 is 0. The molecule has 0 aliphatic heterocycles. The van der Waals surface area contributed by atoms with Crippen molar-refractivity contribution >= 4 is 43.1 Å². The first kappa shape index (κ1) is 50.9. The van der Waals surface area contributed by atoms with Gasteiger partial charge in [0.1, 0.15) is 0 Å². The van der Waals surface area contributed by atoms with Gasteiger partial charge >= 0.3 is 52.4 Å². The van der Waals surface area contributed by atoms with Gasteiger partial charge in [0.15, 0.2) is 0 Å². The molecule has 0 aromatic heterocycles. The maximum atomic E-state index is 2.30. The maximum absolute atomic E-state index is 2.30. The predicted octanol–water partition coefficient (Wildman–Crippen LogP) is 1.22. The molecule has 0 nitrogen and oxygen atoms in total. The first-order valence-corrected chi connectivity index (χ1v) is 16.7. The molecule has 0 N–H and O–H groups in total. The molecule has 0 amide bonds. The van der Waals surface area contributed by atoms with Crippen LogP contribution >= 0.6 is 0 Å². The Morgan fingerprint density at radius 1 is 0.365 bits per heavy atom. The zero-order valence-electron chi connectivity index (χ0n) is 31.5. The quantitative estimate of drug-likeness (QED) is 0.182. The molecule has 0 fully saturated rings. The van der Waals surface area contributed by atoms with Crippen molar-refractivity contribution in [3.8, 4) is 0 Å². The van der Waals surface area contributed by atoms with Gasteiger partial charge in [0.2, 0.25) is 0 Å². The normalized spacial score (nSPS) is 9.54. The number of aryl methyl sites for hydroxylation is 8. The van der Waals surface area contributed by atoms with Crippen LogP contribution in [0, 0.1) is 41.5 Å². The summed E-state index contributed by atoms with van der Waals surface area (Å²) in [5.74, 6) is 0. The number of fused-ring (bicyclic) bond motifs is 4. The van der Waals surface area contributed by atoms with Gasteiger partial charge in [0.25, 0.3) is 0 Å². The van der Waals surface area contributed by atoms with Crippen molar-refractivity contribution in [2.45, 2.75) is 68.2 Å². The standard InChI is InChI=1S/2C12H13.2C11H11.4FH.2Zr/c2*1-3-10-7-11-6-4-5-9(2)12(11)8-10;2*1-8-6-10-5-3-4-9(2)11(10)7-8;;;;;;/h2*4-8H,3H2,1-2H3;2*3-7H,1-2H3;4*1H;;/q4*-1;;;;;2*+4/p-4. The molecule has 0 aliphatic carbocycles. The van der Waals surface area contributed by atoms with Crippen molar-refractivity contribution in [2.75, 3.05) is 0 Å². The van der Waals surface area contributed by atoms with Crippen LogP contribution in [0.4, 0.5) is 0 Å². The molecule has 0 bridgehead atoms. The Morgan fingerprint density at radius 3 is 0.846 bits per heavy atom. The fourth-order valence-electron chi connectivity index (χ4n) is 6.40. The van der Waals surface area contributed by atoms with E-state index in [1.165, 1.54) is 87.6 Å². The first-order chi connectivity index (χ1) is 22.2. The van der Waals surface area contributed by atoms with Crippen LogP contribution in [-0.4, -0.2) is 0 Å². The summed E-state index contributed by atoms with van der Waals surface area (Å²) in [6, 6.07) is 43.9. The molecular weight excluding hydrogens is 811 g/mol. The molecule has 8 aromatic carbocycles. The Balaban J connectivity index is 0. The minimum absolute atomic E-state index is 0. The van der Waals surface area contributed by atoms with E-state index >= 15 is 0 Å². The van der Waals surface area contributed by atoms with Crippen LogP contribution in [0.1, 0.15) is 58.4 Å². The molecule has 6 heteroatoms. The van der Waals surface area contributed by atoms with E-state index in [9.17, 15) is 0 Å². The van der Waals surface area contributed by atoms with Crippen molar-refractivity contribution in [1.29, 1.82) is 0 Å². The summed E-state index contributed by atoms with van der Waals surface area (Å²) in [6.07, 6.45) is 2.27. The topological polar surface area (TPSA) is 0 Å². The summed E-state index contributed by atoms with van der Waals surface area (Å²) in [5, 5.41) is 11.1. The third-order valence-corrected chi connectivity index (χ3v) is 9.10. The summed E-state index contributed by atoms with van der Waals surface area (Å²) < 4.78 is 0. The van der Waals surface area contributed by atoms with E-state index in [-0.39, 0.29) is 71.2 Å². The summed E-state index contributed by atoms with van der Waals surface area (Å²) in [5.41, 5.74) is 11.1. The van der Waals surface area contributed by atoms with Gasteiger partial charge in [-0.3, -0.25) is 0 Å². The third kappa shape index (κ3) is 12.5. The van der Waals surface area contributed by atoms with E-state index < -0.39 is 0 Å². The van der Waals surface area contributed by atoms with Crippen molar-refractivity contribution in [1.82, 2.24) is 0 Å². The Morgan fingerprint density at radius 2 is 0.615 bits per heavy atom. The van der Waals surface area contributed by atoms with E-state index in [4.69, 9.17) is 0 Å². The molecule has 8 aromatic rings. The average molecular weight is 859 g/mol. The fourth-order valence-corrected chi connectivity index (χ4v) is 6.40. The minimum atomic E-state index is 0. The molecule has 0 saturated heterocycles. The van der Waals surface area contributed by atoms with Gasteiger partial charge in [-0.25, -0.2) is 0 Å². The smallest absolute Gasteiger partial charge is 1.00 e. The largest absolute Gasteiger partial charge is 4.00 e. The number of rotatable bonds is 2. The summed E-state index contributed by atoms with van der Waals surface area (Å²) in [7, 11) is 0. The zero-order chi connectivity index (χ0) is 32.8. The van der Waals surface area contributed by atoms with Gasteiger partial charge in [0, 0.05) is 0 Å². The minimum Gasteiger partial charge on any atom is -1.00 e. The van der Waals surface area contributed by atoms with Crippen LogP contribution in [0.3, 0.4) is 0 Å². The number of hydrogen-bond acceptors (Lipinski definition) is 0. The van der Waals surface area contributed by atoms with Crippen LogP contribution in [0.25, 0.3) is 43.1 Å². The van der Waals surface area contributed by atoms with Crippen LogP contribution in [-0.2, 0) is 65.2 Å². The third-order valence-electron chi connectivity index (χ3n) is 9.10. The molecule has 8 rings (SSSR count). The molecule has 52 heavy (non-hydrogen) atoms. The first-order valence-electron chi connectivity index (χ1n) is 16.7. The maximum Gasteiger partial charge on any atom is 4.00 e. The fraction of sp³-hybridized carbons (Fsp3) is 0.217. The van der Waals surface area contributed by atoms with E-state index in [2.05, 4.69) is 177 Å². The molecule has 0 atom stereocenters. The molecule has 0 saturated carbocycles. The van der Waals surface area contributed by atoms with E-state index in [1.54, 1.807) is 0 Å². The SMILES string of the molecule is CCc1cc2c(C)cccc2[cH-]1.CCc1cc2c(C)cccc2[cH-]1.Cc1cc2c(C)cccc2[cH-]1.Cc1cc2c(C)cccc2[cH-]1.[F-].[F-].[F-].[F-].[Zr+4].[Zr+4].